The summed E-state index contributed by atoms with van der Waals surface area (Å²) in [5, 5.41) is 8.72. The minimum absolute atomic E-state index is 0.0540. The van der Waals surface area contributed by atoms with Gasteiger partial charge in [0.15, 0.2) is 0 Å². The molecule has 3 N–H and O–H groups in total. The van der Waals surface area contributed by atoms with Crippen molar-refractivity contribution in [3.8, 4) is 0 Å². The fourth-order valence-electron chi connectivity index (χ4n) is 1.61. The largest absolute Gasteiger partial charge is 0.396 e. The van der Waals surface area contributed by atoms with Gasteiger partial charge >= 0.3 is 0 Å². The topological polar surface area (TPSA) is 46.2 Å². The summed E-state index contributed by atoms with van der Waals surface area (Å²) in [7, 11) is 0. The van der Waals surface area contributed by atoms with Crippen LogP contribution in [0.2, 0.25) is 0 Å². The standard InChI is InChI=1S/C13H21NO/c1-10(2)11-5-7-12(8-6-11)13(14)4-3-9-15/h5-8,10,13,15H,3-4,9,14H2,1-2H3. The average Bonchev–Trinajstić information content (AvgIpc) is 2.26. The summed E-state index contributed by atoms with van der Waals surface area (Å²) in [6, 6.07) is 8.52. The molecule has 0 spiro atoms. The van der Waals surface area contributed by atoms with Gasteiger partial charge in [-0.2, -0.15) is 0 Å². The van der Waals surface area contributed by atoms with Gasteiger partial charge in [-0.15, -0.1) is 0 Å². The number of aliphatic hydroxyl groups excluding tert-OH is 1. The molecule has 2 nitrogen and oxygen atoms in total. The van der Waals surface area contributed by atoms with E-state index < -0.39 is 0 Å². The Hall–Kier alpha value is -0.860. The van der Waals surface area contributed by atoms with E-state index in [2.05, 4.69) is 38.1 Å². The first kappa shape index (κ1) is 12.2. The molecule has 0 bridgehead atoms. The highest BCUT2D eigenvalue weighted by molar-refractivity contribution is 5.26. The molecule has 0 saturated heterocycles. The van der Waals surface area contributed by atoms with Gasteiger partial charge in [-0.05, 0) is 29.9 Å². The van der Waals surface area contributed by atoms with Crippen molar-refractivity contribution < 1.29 is 5.11 Å². The molecule has 1 atom stereocenters. The van der Waals surface area contributed by atoms with Crippen molar-refractivity contribution in [2.24, 2.45) is 5.73 Å². The SMILES string of the molecule is CC(C)c1ccc(C(N)CCCO)cc1. The second-order valence-electron chi connectivity index (χ2n) is 4.29. The highest BCUT2D eigenvalue weighted by atomic mass is 16.2. The van der Waals surface area contributed by atoms with Crippen molar-refractivity contribution in [2.45, 2.75) is 38.6 Å². The van der Waals surface area contributed by atoms with Gasteiger partial charge in [-0.25, -0.2) is 0 Å². The third kappa shape index (κ3) is 3.65. The van der Waals surface area contributed by atoms with Crippen molar-refractivity contribution in [1.29, 1.82) is 0 Å². The predicted molar refractivity (Wildman–Crippen MR) is 63.8 cm³/mol. The van der Waals surface area contributed by atoms with Crippen molar-refractivity contribution in [2.75, 3.05) is 6.61 Å². The Morgan fingerprint density at radius 1 is 1.13 bits per heavy atom. The van der Waals surface area contributed by atoms with Crippen molar-refractivity contribution >= 4 is 0 Å². The van der Waals surface area contributed by atoms with Crippen molar-refractivity contribution in [3.63, 3.8) is 0 Å². The first-order valence-corrected chi connectivity index (χ1v) is 5.61. The van der Waals surface area contributed by atoms with E-state index in [1.165, 1.54) is 5.56 Å². The van der Waals surface area contributed by atoms with Gasteiger partial charge in [-0.3, -0.25) is 0 Å². The second-order valence-corrected chi connectivity index (χ2v) is 4.29. The minimum atomic E-state index is 0.0540. The van der Waals surface area contributed by atoms with E-state index in [-0.39, 0.29) is 12.6 Å². The zero-order valence-electron chi connectivity index (χ0n) is 9.61. The third-order valence-electron chi connectivity index (χ3n) is 2.70. The molecule has 0 saturated carbocycles. The van der Waals surface area contributed by atoms with E-state index in [1.54, 1.807) is 0 Å². The fraction of sp³-hybridized carbons (Fsp3) is 0.538. The molecule has 0 aliphatic carbocycles. The molecule has 0 amide bonds. The Morgan fingerprint density at radius 3 is 2.13 bits per heavy atom. The summed E-state index contributed by atoms with van der Waals surface area (Å²) in [6.45, 7) is 4.58. The second kappa shape index (κ2) is 5.89. The van der Waals surface area contributed by atoms with E-state index in [0.29, 0.717) is 5.92 Å². The van der Waals surface area contributed by atoms with Gasteiger partial charge in [-0.1, -0.05) is 38.1 Å². The number of nitrogens with two attached hydrogens (primary N) is 1. The van der Waals surface area contributed by atoms with Gasteiger partial charge < -0.3 is 10.8 Å². The van der Waals surface area contributed by atoms with Crippen molar-refractivity contribution in [1.82, 2.24) is 0 Å². The maximum absolute atomic E-state index is 8.72. The summed E-state index contributed by atoms with van der Waals surface area (Å²) in [5.74, 6) is 0.563. The number of aliphatic hydroxyl groups is 1. The zero-order valence-corrected chi connectivity index (χ0v) is 9.61. The van der Waals surface area contributed by atoms with Crippen LogP contribution in [0.3, 0.4) is 0 Å². The molecule has 15 heavy (non-hydrogen) atoms. The number of hydrogen-bond donors (Lipinski definition) is 2. The summed E-state index contributed by atoms with van der Waals surface area (Å²) >= 11 is 0. The third-order valence-corrected chi connectivity index (χ3v) is 2.70. The van der Waals surface area contributed by atoms with Crippen LogP contribution >= 0.6 is 0 Å². The van der Waals surface area contributed by atoms with Crippen LogP contribution < -0.4 is 5.73 Å². The van der Waals surface area contributed by atoms with Crippen molar-refractivity contribution in [3.05, 3.63) is 35.4 Å². The van der Waals surface area contributed by atoms with Gasteiger partial charge in [0.1, 0.15) is 0 Å². The minimum Gasteiger partial charge on any atom is -0.396 e. The van der Waals surface area contributed by atoms with E-state index in [9.17, 15) is 0 Å². The van der Waals surface area contributed by atoms with Gasteiger partial charge in [0.05, 0.1) is 0 Å². The Morgan fingerprint density at radius 2 is 1.67 bits per heavy atom. The first-order chi connectivity index (χ1) is 7.15. The molecule has 1 unspecified atom stereocenters. The highest BCUT2D eigenvalue weighted by Gasteiger charge is 2.06. The lowest BCUT2D eigenvalue weighted by Crippen LogP contribution is -2.10. The smallest absolute Gasteiger partial charge is 0.0431 e. The van der Waals surface area contributed by atoms with E-state index >= 15 is 0 Å². The molecular formula is C13H21NO. The average molecular weight is 207 g/mol. The fourth-order valence-corrected chi connectivity index (χ4v) is 1.61. The quantitative estimate of drug-likeness (QED) is 0.779. The molecule has 2 heteroatoms. The Balaban J connectivity index is 2.62. The lowest BCUT2D eigenvalue weighted by atomic mass is 9.97. The maximum atomic E-state index is 8.72. The lowest BCUT2D eigenvalue weighted by molar-refractivity contribution is 0.280. The monoisotopic (exact) mass is 207 g/mol. The molecule has 0 aromatic heterocycles. The van der Waals surface area contributed by atoms with Crippen LogP contribution in [-0.4, -0.2) is 11.7 Å². The molecule has 0 aliphatic heterocycles. The molecule has 0 fully saturated rings. The van der Waals surface area contributed by atoms with Gasteiger partial charge in [0.25, 0.3) is 0 Å². The molecule has 1 rings (SSSR count). The summed E-state index contributed by atoms with van der Waals surface area (Å²) in [5.41, 5.74) is 8.50. The van der Waals surface area contributed by atoms with Crippen LogP contribution in [-0.2, 0) is 0 Å². The van der Waals surface area contributed by atoms with E-state index in [0.717, 1.165) is 18.4 Å². The predicted octanol–water partition coefficient (Wildman–Crippen LogP) is 2.58. The highest BCUT2D eigenvalue weighted by Crippen LogP contribution is 2.19. The number of rotatable bonds is 5. The first-order valence-electron chi connectivity index (χ1n) is 5.61. The normalized spacial score (nSPS) is 13.1. The van der Waals surface area contributed by atoms with Crippen LogP contribution in [0.5, 0.6) is 0 Å². The zero-order chi connectivity index (χ0) is 11.3. The van der Waals surface area contributed by atoms with Crippen LogP contribution in [0.1, 0.15) is 49.8 Å². The van der Waals surface area contributed by atoms with Crippen LogP contribution in [0, 0.1) is 0 Å². The Bertz CT molecular complexity index is 279. The molecule has 1 aromatic carbocycles. The van der Waals surface area contributed by atoms with Crippen LogP contribution in [0.15, 0.2) is 24.3 Å². The van der Waals surface area contributed by atoms with Gasteiger partial charge in [0.2, 0.25) is 0 Å². The molecule has 84 valence electrons. The molecule has 0 aliphatic rings. The summed E-state index contributed by atoms with van der Waals surface area (Å²) in [4.78, 5) is 0. The van der Waals surface area contributed by atoms with E-state index in [1.807, 2.05) is 0 Å². The van der Waals surface area contributed by atoms with Crippen LogP contribution in [0.4, 0.5) is 0 Å². The number of benzene rings is 1. The Labute approximate surface area is 92.1 Å². The molecule has 0 heterocycles. The number of hydrogen-bond acceptors (Lipinski definition) is 2. The maximum Gasteiger partial charge on any atom is 0.0431 e. The molecule has 1 aromatic rings. The molecule has 0 radical (unpaired) electrons. The lowest BCUT2D eigenvalue weighted by Gasteiger charge is -2.12. The van der Waals surface area contributed by atoms with Gasteiger partial charge in [0, 0.05) is 12.6 Å². The summed E-state index contributed by atoms with van der Waals surface area (Å²) < 4.78 is 0. The summed E-state index contributed by atoms with van der Waals surface area (Å²) in [6.07, 6.45) is 1.62. The molecular weight excluding hydrogens is 186 g/mol. The van der Waals surface area contributed by atoms with Crippen LogP contribution in [0.25, 0.3) is 0 Å². The Kier molecular flexibility index (Phi) is 4.79. The van der Waals surface area contributed by atoms with E-state index in [4.69, 9.17) is 10.8 Å².